The summed E-state index contributed by atoms with van der Waals surface area (Å²) in [7, 11) is 1.73. The predicted octanol–water partition coefficient (Wildman–Crippen LogP) is 1.70. The van der Waals surface area contributed by atoms with Crippen molar-refractivity contribution < 1.29 is 4.74 Å². The maximum atomic E-state index is 4.94. The zero-order valence-corrected chi connectivity index (χ0v) is 9.48. The molecule has 0 saturated carbocycles. The van der Waals surface area contributed by atoms with E-state index in [4.69, 9.17) is 4.74 Å². The van der Waals surface area contributed by atoms with Crippen molar-refractivity contribution in [3.8, 4) is 0 Å². The van der Waals surface area contributed by atoms with Gasteiger partial charge in [-0.15, -0.1) is 11.3 Å². The van der Waals surface area contributed by atoms with E-state index in [1.165, 1.54) is 17.8 Å². The normalized spacial score (nSPS) is 10.6. The lowest BCUT2D eigenvalue weighted by atomic mass is 10.2. The Kier molecular flexibility index (Phi) is 6.57. The van der Waals surface area contributed by atoms with E-state index >= 15 is 0 Å². The summed E-state index contributed by atoms with van der Waals surface area (Å²) in [5.74, 6) is 0. The minimum Gasteiger partial charge on any atom is -0.383 e. The summed E-state index contributed by atoms with van der Waals surface area (Å²) in [6.07, 6.45) is 5.41. The summed E-state index contributed by atoms with van der Waals surface area (Å²) < 4.78 is 4.94. The number of unbranched alkanes of at least 4 members (excludes halogenated alkanes) is 1. The maximum Gasteiger partial charge on any atom is 0.0924 e. The number of methoxy groups -OCH3 is 1. The molecule has 0 unspecified atom stereocenters. The zero-order chi connectivity index (χ0) is 10.1. The standard InChI is InChI=1S/C10H18N2OS/c1-13-8-6-11-5-3-2-4-10-12-7-9-14-10/h7,9,11H,2-6,8H2,1H3. The minimum atomic E-state index is 0.798. The Morgan fingerprint density at radius 1 is 1.43 bits per heavy atom. The molecular formula is C10H18N2OS. The van der Waals surface area contributed by atoms with Gasteiger partial charge >= 0.3 is 0 Å². The van der Waals surface area contributed by atoms with Crippen molar-refractivity contribution in [2.45, 2.75) is 19.3 Å². The number of rotatable bonds is 8. The van der Waals surface area contributed by atoms with E-state index in [2.05, 4.69) is 10.3 Å². The number of aromatic nitrogens is 1. The van der Waals surface area contributed by atoms with Crippen LogP contribution in [0.1, 0.15) is 17.8 Å². The van der Waals surface area contributed by atoms with Gasteiger partial charge in [0, 0.05) is 25.2 Å². The lowest BCUT2D eigenvalue weighted by molar-refractivity contribution is 0.199. The number of ether oxygens (including phenoxy) is 1. The second-order valence-electron chi connectivity index (χ2n) is 3.13. The molecule has 1 aromatic rings. The van der Waals surface area contributed by atoms with Gasteiger partial charge in [-0.2, -0.15) is 0 Å². The van der Waals surface area contributed by atoms with E-state index in [1.54, 1.807) is 18.4 Å². The molecule has 3 nitrogen and oxygen atoms in total. The molecule has 1 heterocycles. The highest BCUT2D eigenvalue weighted by Crippen LogP contribution is 2.07. The van der Waals surface area contributed by atoms with Gasteiger partial charge in [0.25, 0.3) is 0 Å². The molecule has 14 heavy (non-hydrogen) atoms. The number of nitrogens with zero attached hydrogens (tertiary/aromatic N) is 1. The van der Waals surface area contributed by atoms with Gasteiger partial charge in [-0.1, -0.05) is 0 Å². The lowest BCUT2D eigenvalue weighted by Crippen LogP contribution is -2.20. The fraction of sp³-hybridized carbons (Fsp3) is 0.700. The van der Waals surface area contributed by atoms with E-state index in [-0.39, 0.29) is 0 Å². The summed E-state index contributed by atoms with van der Waals surface area (Å²) >= 11 is 1.74. The van der Waals surface area contributed by atoms with Crippen molar-refractivity contribution in [1.29, 1.82) is 0 Å². The van der Waals surface area contributed by atoms with Crippen molar-refractivity contribution in [3.63, 3.8) is 0 Å². The summed E-state index contributed by atoms with van der Waals surface area (Å²) in [6.45, 7) is 2.83. The highest BCUT2D eigenvalue weighted by atomic mass is 32.1. The van der Waals surface area contributed by atoms with E-state index in [0.717, 1.165) is 26.1 Å². The molecule has 1 rings (SSSR count). The maximum absolute atomic E-state index is 4.94. The number of nitrogens with one attached hydrogen (secondary N) is 1. The fourth-order valence-corrected chi connectivity index (χ4v) is 1.86. The predicted molar refractivity (Wildman–Crippen MR) is 59.8 cm³/mol. The summed E-state index contributed by atoms with van der Waals surface area (Å²) in [4.78, 5) is 4.24. The van der Waals surface area contributed by atoms with Gasteiger partial charge in [-0.05, 0) is 25.8 Å². The molecule has 1 aromatic heterocycles. The number of hydrogen-bond acceptors (Lipinski definition) is 4. The van der Waals surface area contributed by atoms with Gasteiger partial charge in [-0.3, -0.25) is 0 Å². The highest BCUT2D eigenvalue weighted by Gasteiger charge is 1.94. The Bertz CT molecular complexity index is 214. The third-order valence-electron chi connectivity index (χ3n) is 1.96. The summed E-state index contributed by atoms with van der Waals surface area (Å²) in [5, 5.41) is 6.61. The Labute approximate surface area is 89.5 Å². The van der Waals surface area contributed by atoms with Crippen molar-refractivity contribution in [2.75, 3.05) is 26.8 Å². The van der Waals surface area contributed by atoms with Crippen LogP contribution in [0.25, 0.3) is 0 Å². The van der Waals surface area contributed by atoms with Gasteiger partial charge < -0.3 is 10.1 Å². The van der Waals surface area contributed by atoms with Crippen molar-refractivity contribution in [1.82, 2.24) is 10.3 Å². The first-order valence-electron chi connectivity index (χ1n) is 5.01. The van der Waals surface area contributed by atoms with Gasteiger partial charge in [0.15, 0.2) is 0 Å². The molecule has 0 bridgehead atoms. The molecule has 4 heteroatoms. The van der Waals surface area contributed by atoms with Crippen LogP contribution >= 0.6 is 11.3 Å². The van der Waals surface area contributed by atoms with Crippen LogP contribution in [0.2, 0.25) is 0 Å². The molecule has 0 aliphatic carbocycles. The first-order chi connectivity index (χ1) is 6.93. The summed E-state index contributed by atoms with van der Waals surface area (Å²) in [5.41, 5.74) is 0. The molecule has 0 fully saturated rings. The molecule has 0 aliphatic heterocycles. The third kappa shape index (κ3) is 5.32. The van der Waals surface area contributed by atoms with E-state index < -0.39 is 0 Å². The first-order valence-corrected chi connectivity index (χ1v) is 5.89. The third-order valence-corrected chi connectivity index (χ3v) is 2.80. The van der Waals surface area contributed by atoms with E-state index in [1.807, 2.05) is 11.6 Å². The van der Waals surface area contributed by atoms with Crippen LogP contribution in [0, 0.1) is 0 Å². The van der Waals surface area contributed by atoms with Crippen LogP contribution in [0.4, 0.5) is 0 Å². The number of thiazole rings is 1. The van der Waals surface area contributed by atoms with E-state index in [0.29, 0.717) is 0 Å². The van der Waals surface area contributed by atoms with Crippen molar-refractivity contribution in [3.05, 3.63) is 16.6 Å². The average molecular weight is 214 g/mol. The Morgan fingerprint density at radius 3 is 3.07 bits per heavy atom. The van der Waals surface area contributed by atoms with Gasteiger partial charge in [0.2, 0.25) is 0 Å². The second-order valence-corrected chi connectivity index (χ2v) is 4.10. The van der Waals surface area contributed by atoms with Crippen LogP contribution in [0.5, 0.6) is 0 Å². The molecule has 0 aromatic carbocycles. The first kappa shape index (κ1) is 11.6. The largest absolute Gasteiger partial charge is 0.383 e. The Hall–Kier alpha value is -0.450. The average Bonchev–Trinajstić information content (AvgIpc) is 2.69. The van der Waals surface area contributed by atoms with Gasteiger partial charge in [0.05, 0.1) is 11.6 Å². The SMILES string of the molecule is COCCNCCCCc1nccs1. The molecule has 0 spiro atoms. The fourth-order valence-electron chi connectivity index (χ4n) is 1.20. The van der Waals surface area contributed by atoms with Crippen LogP contribution in [0.3, 0.4) is 0 Å². The van der Waals surface area contributed by atoms with Crippen LogP contribution in [-0.4, -0.2) is 31.8 Å². The van der Waals surface area contributed by atoms with Crippen molar-refractivity contribution >= 4 is 11.3 Å². The Morgan fingerprint density at radius 2 is 2.36 bits per heavy atom. The van der Waals surface area contributed by atoms with Crippen LogP contribution < -0.4 is 5.32 Å². The molecular weight excluding hydrogens is 196 g/mol. The topological polar surface area (TPSA) is 34.1 Å². The molecule has 0 atom stereocenters. The molecule has 1 N–H and O–H groups in total. The van der Waals surface area contributed by atoms with Gasteiger partial charge in [-0.25, -0.2) is 4.98 Å². The minimum absolute atomic E-state index is 0.798. The molecule has 0 amide bonds. The molecule has 0 aliphatic rings. The highest BCUT2D eigenvalue weighted by molar-refractivity contribution is 7.09. The second kappa shape index (κ2) is 7.91. The number of aryl methyl sites for hydroxylation is 1. The molecule has 80 valence electrons. The quantitative estimate of drug-likeness (QED) is 0.669. The van der Waals surface area contributed by atoms with Crippen LogP contribution in [-0.2, 0) is 11.2 Å². The monoisotopic (exact) mass is 214 g/mol. The molecule has 0 saturated heterocycles. The van der Waals surface area contributed by atoms with E-state index in [9.17, 15) is 0 Å². The Balaban J connectivity index is 1.85. The smallest absolute Gasteiger partial charge is 0.0924 e. The lowest BCUT2D eigenvalue weighted by Gasteiger charge is -2.02. The van der Waals surface area contributed by atoms with Crippen molar-refractivity contribution in [2.24, 2.45) is 0 Å². The summed E-state index contributed by atoms with van der Waals surface area (Å²) in [6, 6.07) is 0. The molecule has 0 radical (unpaired) electrons. The van der Waals surface area contributed by atoms with Crippen LogP contribution in [0.15, 0.2) is 11.6 Å². The zero-order valence-electron chi connectivity index (χ0n) is 8.66. The number of hydrogen-bond donors (Lipinski definition) is 1. The van der Waals surface area contributed by atoms with Gasteiger partial charge in [0.1, 0.15) is 0 Å².